The van der Waals surface area contributed by atoms with E-state index in [1.807, 2.05) is 0 Å². The van der Waals surface area contributed by atoms with E-state index in [-0.39, 0.29) is 62.9 Å². The van der Waals surface area contributed by atoms with Crippen LogP contribution in [0.3, 0.4) is 0 Å². The van der Waals surface area contributed by atoms with Crippen molar-refractivity contribution in [2.24, 2.45) is 28.1 Å². The Kier molecular flexibility index (Phi) is 10.5. The highest BCUT2D eigenvalue weighted by Gasteiger charge is 2.81. The summed E-state index contributed by atoms with van der Waals surface area (Å²) in [6.07, 6.45) is -11.6. The monoisotopic (exact) mass is 596 g/mol. The van der Waals surface area contributed by atoms with E-state index in [1.54, 1.807) is 41.5 Å². The van der Waals surface area contributed by atoms with Gasteiger partial charge in [-0.1, -0.05) is 41.5 Å². The van der Waals surface area contributed by atoms with Crippen molar-refractivity contribution in [1.29, 1.82) is 0 Å². The van der Waals surface area contributed by atoms with Gasteiger partial charge in [-0.2, -0.15) is 0 Å². The minimum atomic E-state index is -2.44. The number of fused-ring (bicyclic) bond motifs is 2. The van der Waals surface area contributed by atoms with Gasteiger partial charge in [0.05, 0.1) is 35.2 Å². The van der Waals surface area contributed by atoms with Crippen LogP contribution >= 0.6 is 0 Å². The second kappa shape index (κ2) is 12.9. The topological polar surface area (TPSA) is 25.1 Å². The molecular formula is C33H54F6O2. The maximum atomic E-state index is 17.3. The van der Waals surface area contributed by atoms with E-state index in [4.69, 9.17) is 9.47 Å². The quantitative estimate of drug-likeness (QED) is 0.131. The minimum absolute atomic E-state index is 0.00524. The molecule has 4 aliphatic rings. The minimum Gasteiger partial charge on any atom is -0.370 e. The van der Waals surface area contributed by atoms with Crippen LogP contribution in [0, 0.1) is 28.1 Å². The number of alkyl halides is 6. The summed E-state index contributed by atoms with van der Waals surface area (Å²) in [5.41, 5.74) is -6.88. The smallest absolute Gasteiger partial charge is 0.112 e. The highest BCUT2D eigenvalue weighted by Crippen LogP contribution is 2.76. The predicted molar refractivity (Wildman–Crippen MR) is 150 cm³/mol. The number of ether oxygens (including phenoxy) is 2. The molecule has 8 heteroatoms. The van der Waals surface area contributed by atoms with E-state index >= 15 is 26.3 Å². The fraction of sp³-hybridized carbons (Fsp3) is 1.00. The molecule has 0 amide bonds. The number of hydrogen-bond acceptors (Lipinski definition) is 2. The standard InChI is InChI=1S/C33H54F6O2/c1-7-25(34)31(26(35)8-2,27(36)9-3)33(19-13-15-21-23(17-19)40-21,20-14-16-22-24(18-20)41-22)32(28(37)10-4,29(38)11-5)30(39)12-6/h19-30H,7-18H2,1-6H3. The largest absolute Gasteiger partial charge is 0.370 e. The average Bonchev–Trinajstić information content (AvgIpc) is 3.93. The average molecular weight is 597 g/mol. The molecule has 2 heterocycles. The Bertz CT molecular complexity index is 737. The second-order valence-electron chi connectivity index (χ2n) is 13.4. The summed E-state index contributed by atoms with van der Waals surface area (Å²) in [5, 5.41) is 0. The normalized spacial score (nSPS) is 38.0. The fourth-order valence-corrected chi connectivity index (χ4v) is 10.5. The van der Waals surface area contributed by atoms with Crippen LogP contribution in [0.2, 0.25) is 0 Å². The molecule has 0 spiro atoms. The molecule has 2 saturated heterocycles. The fourth-order valence-electron chi connectivity index (χ4n) is 10.5. The molecule has 12 unspecified atom stereocenters. The third-order valence-electron chi connectivity index (χ3n) is 12.0. The van der Waals surface area contributed by atoms with Crippen molar-refractivity contribution in [3.8, 4) is 0 Å². The highest BCUT2D eigenvalue weighted by atomic mass is 19.2. The Hall–Kier alpha value is -0.500. The van der Waals surface area contributed by atoms with E-state index in [9.17, 15) is 0 Å². The maximum absolute atomic E-state index is 17.3. The van der Waals surface area contributed by atoms with Gasteiger partial charge in [0.25, 0.3) is 0 Å². The summed E-state index contributed by atoms with van der Waals surface area (Å²) >= 11 is 0. The van der Waals surface area contributed by atoms with Crippen molar-refractivity contribution in [3.05, 3.63) is 0 Å². The zero-order valence-corrected chi connectivity index (χ0v) is 26.0. The molecule has 0 bridgehead atoms. The molecule has 0 radical (unpaired) electrons. The van der Waals surface area contributed by atoms with Crippen molar-refractivity contribution >= 4 is 0 Å². The summed E-state index contributed by atoms with van der Waals surface area (Å²) in [4.78, 5) is 0. The van der Waals surface area contributed by atoms with Gasteiger partial charge in [-0.05, 0) is 88.9 Å². The number of halogens is 6. The molecule has 0 aromatic carbocycles. The zero-order chi connectivity index (χ0) is 30.3. The van der Waals surface area contributed by atoms with Crippen molar-refractivity contribution < 1.29 is 35.8 Å². The molecule has 2 aliphatic carbocycles. The number of hydrogen-bond donors (Lipinski definition) is 0. The number of rotatable bonds is 16. The van der Waals surface area contributed by atoms with Crippen LogP contribution in [0.25, 0.3) is 0 Å². The van der Waals surface area contributed by atoms with Crippen LogP contribution in [0.15, 0.2) is 0 Å². The lowest BCUT2D eigenvalue weighted by Gasteiger charge is -2.71. The van der Waals surface area contributed by atoms with E-state index in [2.05, 4.69) is 0 Å². The molecule has 240 valence electrons. The molecule has 41 heavy (non-hydrogen) atoms. The van der Waals surface area contributed by atoms with Crippen molar-refractivity contribution in [3.63, 3.8) is 0 Å². The van der Waals surface area contributed by atoms with Crippen molar-refractivity contribution in [1.82, 2.24) is 0 Å². The van der Waals surface area contributed by atoms with Crippen LogP contribution in [0.4, 0.5) is 26.3 Å². The summed E-state index contributed by atoms with van der Waals surface area (Å²) in [6, 6.07) is 0. The maximum Gasteiger partial charge on any atom is 0.112 e. The van der Waals surface area contributed by atoms with E-state index in [0.717, 1.165) is 0 Å². The van der Waals surface area contributed by atoms with Crippen LogP contribution in [0.5, 0.6) is 0 Å². The van der Waals surface area contributed by atoms with Gasteiger partial charge in [0.1, 0.15) is 37.0 Å². The van der Waals surface area contributed by atoms with Gasteiger partial charge in [0.2, 0.25) is 0 Å². The molecule has 2 aliphatic heterocycles. The van der Waals surface area contributed by atoms with Gasteiger partial charge in [0.15, 0.2) is 0 Å². The molecule has 0 aromatic rings. The first kappa shape index (κ1) is 33.4. The summed E-state index contributed by atoms with van der Waals surface area (Å²) in [7, 11) is 0. The lowest BCUT2D eigenvalue weighted by Crippen LogP contribution is -2.77. The molecule has 2 nitrogen and oxygen atoms in total. The second-order valence-corrected chi connectivity index (χ2v) is 13.4. The summed E-state index contributed by atoms with van der Waals surface area (Å²) in [6.45, 7) is 9.28. The lowest BCUT2D eigenvalue weighted by atomic mass is 9.33. The number of epoxide rings is 2. The van der Waals surface area contributed by atoms with Crippen LogP contribution in [-0.4, -0.2) is 61.4 Å². The SMILES string of the molecule is CCC(F)C(C(F)CC)(C(F)CC)C(C1CCC2OC2C1)(C1CCC2OC2C1)C(C(F)CC)(C(F)CC)C(F)CC. The molecular weight excluding hydrogens is 542 g/mol. The van der Waals surface area contributed by atoms with Gasteiger partial charge >= 0.3 is 0 Å². The van der Waals surface area contributed by atoms with E-state index < -0.39 is 65.1 Å². The summed E-state index contributed by atoms with van der Waals surface area (Å²) < 4.78 is 115. The Balaban J connectivity index is 2.22. The van der Waals surface area contributed by atoms with Crippen molar-refractivity contribution in [2.45, 2.75) is 180 Å². The zero-order valence-electron chi connectivity index (χ0n) is 26.0. The third-order valence-corrected chi connectivity index (χ3v) is 12.0. The molecule has 2 saturated carbocycles. The van der Waals surface area contributed by atoms with Crippen LogP contribution < -0.4 is 0 Å². The third kappa shape index (κ3) is 4.81. The van der Waals surface area contributed by atoms with Gasteiger partial charge in [-0.25, -0.2) is 26.3 Å². The van der Waals surface area contributed by atoms with Crippen LogP contribution in [0.1, 0.15) is 119 Å². The van der Waals surface area contributed by atoms with Crippen molar-refractivity contribution in [2.75, 3.05) is 0 Å². The Labute approximate surface area is 244 Å². The Morgan fingerprint density at radius 1 is 0.463 bits per heavy atom. The van der Waals surface area contributed by atoms with Gasteiger partial charge in [0, 0.05) is 5.41 Å². The van der Waals surface area contributed by atoms with Gasteiger partial charge in [-0.3, -0.25) is 0 Å². The van der Waals surface area contributed by atoms with Crippen LogP contribution in [-0.2, 0) is 9.47 Å². The molecule has 12 atom stereocenters. The first-order chi connectivity index (χ1) is 19.5. The molecule has 0 aromatic heterocycles. The molecule has 0 N–H and O–H groups in total. The van der Waals surface area contributed by atoms with E-state index in [0.29, 0.717) is 38.5 Å². The molecule has 4 rings (SSSR count). The Morgan fingerprint density at radius 2 is 0.732 bits per heavy atom. The predicted octanol–water partition coefficient (Wildman–Crippen LogP) is 9.57. The summed E-state index contributed by atoms with van der Waals surface area (Å²) in [5.74, 6) is -1.41. The lowest BCUT2D eigenvalue weighted by molar-refractivity contribution is -0.307. The highest BCUT2D eigenvalue weighted by molar-refractivity contribution is 5.26. The first-order valence-corrected chi connectivity index (χ1v) is 16.7. The van der Waals surface area contributed by atoms with Gasteiger partial charge < -0.3 is 9.47 Å². The van der Waals surface area contributed by atoms with Gasteiger partial charge in [-0.15, -0.1) is 0 Å². The molecule has 4 fully saturated rings. The Morgan fingerprint density at radius 3 is 0.951 bits per heavy atom. The van der Waals surface area contributed by atoms with E-state index in [1.165, 1.54) is 0 Å². The first-order valence-electron chi connectivity index (χ1n) is 16.7.